The minimum Gasteiger partial charge on any atom is -0.356 e. The molecule has 1 N–H and O–H groups in total. The summed E-state index contributed by atoms with van der Waals surface area (Å²) in [6, 6.07) is 4.29. The van der Waals surface area contributed by atoms with Gasteiger partial charge in [-0.15, -0.1) is 0 Å². The summed E-state index contributed by atoms with van der Waals surface area (Å²) in [7, 11) is 0. The van der Waals surface area contributed by atoms with E-state index in [-0.39, 0.29) is 16.7 Å². The standard InChI is InChI=1S/C23H30N2O/c1-22-10-9-20-17(6-5-16-14-25-21(26)12-23(16,20)2)19(22)8-7-18(22)15-4-3-11-24-13-15/h3-4,7,11,13,16-17,19-20H,5-6,8-10,12,14H2,1-2H3,(H,25,26). The first kappa shape index (κ1) is 16.5. The molecule has 3 heteroatoms. The number of aromatic nitrogens is 1. The minimum atomic E-state index is 0.212. The molecule has 6 unspecified atom stereocenters. The molecule has 2 heterocycles. The van der Waals surface area contributed by atoms with E-state index in [1.54, 1.807) is 0 Å². The van der Waals surface area contributed by atoms with E-state index in [0.29, 0.717) is 11.8 Å². The summed E-state index contributed by atoms with van der Waals surface area (Å²) in [5.74, 6) is 3.17. The second kappa shape index (κ2) is 5.68. The number of fused-ring (bicyclic) bond motifs is 5. The zero-order valence-corrected chi connectivity index (χ0v) is 16.0. The molecule has 1 saturated heterocycles. The highest BCUT2D eigenvalue weighted by Gasteiger charge is 2.58. The Bertz CT molecular complexity index is 757. The second-order valence-corrected chi connectivity index (χ2v) is 9.69. The Labute approximate surface area is 156 Å². The van der Waals surface area contributed by atoms with Crippen LogP contribution < -0.4 is 5.32 Å². The molecule has 3 nitrogen and oxygen atoms in total. The molecule has 1 aromatic rings. The van der Waals surface area contributed by atoms with Crippen molar-refractivity contribution in [2.45, 2.75) is 52.4 Å². The maximum Gasteiger partial charge on any atom is 0.220 e. The summed E-state index contributed by atoms with van der Waals surface area (Å²) in [5.41, 5.74) is 3.34. The maximum atomic E-state index is 12.2. The van der Waals surface area contributed by atoms with Crippen molar-refractivity contribution in [1.82, 2.24) is 10.3 Å². The third kappa shape index (κ3) is 2.18. The molecule has 0 radical (unpaired) electrons. The summed E-state index contributed by atoms with van der Waals surface area (Å²) in [5, 5.41) is 3.13. The molecule has 5 rings (SSSR count). The van der Waals surface area contributed by atoms with Crippen molar-refractivity contribution < 1.29 is 4.79 Å². The van der Waals surface area contributed by atoms with Crippen molar-refractivity contribution in [1.29, 1.82) is 0 Å². The van der Waals surface area contributed by atoms with Crippen LogP contribution in [0.3, 0.4) is 0 Å². The molecule has 4 aliphatic rings. The topological polar surface area (TPSA) is 42.0 Å². The van der Waals surface area contributed by atoms with Crippen molar-refractivity contribution in [3.63, 3.8) is 0 Å². The van der Waals surface area contributed by atoms with Crippen LogP contribution in [0.25, 0.3) is 5.57 Å². The number of pyridine rings is 1. The molecule has 6 atom stereocenters. The van der Waals surface area contributed by atoms with Gasteiger partial charge in [-0.05, 0) is 83.8 Å². The van der Waals surface area contributed by atoms with Crippen molar-refractivity contribution in [3.05, 3.63) is 36.2 Å². The lowest BCUT2D eigenvalue weighted by Gasteiger charge is -2.59. The van der Waals surface area contributed by atoms with Gasteiger partial charge in [-0.25, -0.2) is 0 Å². The highest BCUT2D eigenvalue weighted by molar-refractivity contribution is 5.78. The van der Waals surface area contributed by atoms with Crippen LogP contribution in [0.15, 0.2) is 30.6 Å². The van der Waals surface area contributed by atoms with Gasteiger partial charge in [-0.2, -0.15) is 0 Å². The number of nitrogens with zero attached hydrogens (tertiary/aromatic N) is 1. The van der Waals surface area contributed by atoms with E-state index in [4.69, 9.17) is 0 Å². The Hall–Kier alpha value is -1.64. The van der Waals surface area contributed by atoms with Crippen LogP contribution in [0.2, 0.25) is 0 Å². The fourth-order valence-electron chi connectivity index (χ4n) is 7.33. The molecule has 3 fully saturated rings. The number of hydrogen-bond acceptors (Lipinski definition) is 2. The zero-order valence-electron chi connectivity index (χ0n) is 16.0. The van der Waals surface area contributed by atoms with E-state index >= 15 is 0 Å². The van der Waals surface area contributed by atoms with E-state index < -0.39 is 0 Å². The lowest BCUT2D eigenvalue weighted by Crippen LogP contribution is -2.57. The average Bonchev–Trinajstić information content (AvgIpc) is 2.99. The first-order chi connectivity index (χ1) is 12.5. The maximum absolute atomic E-state index is 12.2. The second-order valence-electron chi connectivity index (χ2n) is 9.69. The summed E-state index contributed by atoms with van der Waals surface area (Å²) in [6.07, 6.45) is 13.5. The number of carbonyl (C=O) groups is 1. The Morgan fingerprint density at radius 3 is 2.88 bits per heavy atom. The van der Waals surface area contributed by atoms with E-state index in [2.05, 4.69) is 42.4 Å². The normalized spacial score (nSPS) is 44.4. The van der Waals surface area contributed by atoms with Crippen LogP contribution in [-0.4, -0.2) is 17.4 Å². The summed E-state index contributed by atoms with van der Waals surface area (Å²) in [6.45, 7) is 5.84. The van der Waals surface area contributed by atoms with Gasteiger partial charge in [0.2, 0.25) is 5.91 Å². The zero-order chi connectivity index (χ0) is 17.9. The Balaban J connectivity index is 1.46. The number of nitrogens with one attached hydrogen (secondary N) is 1. The third-order valence-corrected chi connectivity index (χ3v) is 8.71. The smallest absolute Gasteiger partial charge is 0.220 e. The molecule has 26 heavy (non-hydrogen) atoms. The van der Waals surface area contributed by atoms with Gasteiger partial charge in [0.25, 0.3) is 0 Å². The molecule has 1 amide bonds. The molecular weight excluding hydrogens is 320 g/mol. The predicted octanol–water partition coefficient (Wildman–Crippen LogP) is 4.45. The molecular formula is C23H30N2O. The number of rotatable bonds is 1. The molecule has 0 bridgehead atoms. The number of hydrogen-bond donors (Lipinski definition) is 1. The van der Waals surface area contributed by atoms with Crippen LogP contribution in [-0.2, 0) is 4.79 Å². The van der Waals surface area contributed by atoms with E-state index in [1.807, 2.05) is 12.4 Å². The van der Waals surface area contributed by atoms with Crippen LogP contribution in [0.5, 0.6) is 0 Å². The molecule has 1 aliphatic heterocycles. The molecule has 0 aromatic carbocycles. The van der Waals surface area contributed by atoms with Crippen molar-refractivity contribution >= 4 is 11.5 Å². The quantitative estimate of drug-likeness (QED) is 0.813. The molecule has 2 saturated carbocycles. The fourth-order valence-corrected chi connectivity index (χ4v) is 7.33. The van der Waals surface area contributed by atoms with E-state index in [9.17, 15) is 4.79 Å². The van der Waals surface area contributed by atoms with Crippen molar-refractivity contribution in [2.24, 2.45) is 34.5 Å². The number of piperidine rings is 1. The van der Waals surface area contributed by atoms with Gasteiger partial charge in [0, 0.05) is 25.4 Å². The van der Waals surface area contributed by atoms with E-state index in [0.717, 1.165) is 24.8 Å². The lowest BCUT2D eigenvalue weighted by molar-refractivity contribution is -0.139. The first-order valence-corrected chi connectivity index (χ1v) is 10.4. The molecule has 3 aliphatic carbocycles. The van der Waals surface area contributed by atoms with Gasteiger partial charge >= 0.3 is 0 Å². The summed E-state index contributed by atoms with van der Waals surface area (Å²) in [4.78, 5) is 16.6. The number of carbonyl (C=O) groups excluding carboxylic acids is 1. The monoisotopic (exact) mass is 350 g/mol. The van der Waals surface area contributed by atoms with E-state index in [1.165, 1.54) is 43.2 Å². The van der Waals surface area contributed by atoms with Gasteiger partial charge in [0.1, 0.15) is 0 Å². The van der Waals surface area contributed by atoms with Crippen LogP contribution in [0.1, 0.15) is 57.9 Å². The summed E-state index contributed by atoms with van der Waals surface area (Å²) < 4.78 is 0. The van der Waals surface area contributed by atoms with Crippen LogP contribution in [0.4, 0.5) is 0 Å². The van der Waals surface area contributed by atoms with Gasteiger partial charge in [0.05, 0.1) is 0 Å². The largest absolute Gasteiger partial charge is 0.356 e. The van der Waals surface area contributed by atoms with Crippen molar-refractivity contribution in [3.8, 4) is 0 Å². The summed E-state index contributed by atoms with van der Waals surface area (Å²) >= 11 is 0. The Morgan fingerprint density at radius 2 is 2.08 bits per heavy atom. The molecule has 1 aromatic heterocycles. The molecule has 0 spiro atoms. The Morgan fingerprint density at radius 1 is 1.19 bits per heavy atom. The lowest BCUT2D eigenvalue weighted by atomic mass is 9.46. The van der Waals surface area contributed by atoms with Gasteiger partial charge in [0.15, 0.2) is 0 Å². The highest BCUT2D eigenvalue weighted by atomic mass is 16.1. The number of amides is 1. The fraction of sp³-hybridized carbons (Fsp3) is 0.652. The Kier molecular flexibility index (Phi) is 3.61. The SMILES string of the molecule is CC12CCC3C(CCC4CNC(=O)CC43C)C1CC=C2c1cccnc1. The minimum absolute atomic E-state index is 0.212. The average molecular weight is 351 g/mol. The van der Waals surface area contributed by atoms with Crippen molar-refractivity contribution in [2.75, 3.05) is 6.54 Å². The van der Waals surface area contributed by atoms with Crippen LogP contribution >= 0.6 is 0 Å². The first-order valence-electron chi connectivity index (χ1n) is 10.4. The third-order valence-electron chi connectivity index (χ3n) is 8.71. The molecule has 138 valence electrons. The van der Waals surface area contributed by atoms with Gasteiger partial charge in [-0.1, -0.05) is 26.0 Å². The van der Waals surface area contributed by atoms with Gasteiger partial charge in [-0.3, -0.25) is 9.78 Å². The van der Waals surface area contributed by atoms with Crippen LogP contribution in [0, 0.1) is 34.5 Å². The number of allylic oxidation sites excluding steroid dienone is 2. The van der Waals surface area contributed by atoms with Gasteiger partial charge < -0.3 is 5.32 Å². The predicted molar refractivity (Wildman–Crippen MR) is 103 cm³/mol. The highest BCUT2D eigenvalue weighted by Crippen LogP contribution is 2.66.